The highest BCUT2D eigenvalue weighted by molar-refractivity contribution is 8.13. The summed E-state index contributed by atoms with van der Waals surface area (Å²) in [6.07, 6.45) is 1.94. The Morgan fingerprint density at radius 1 is 1.50 bits per heavy atom. The first kappa shape index (κ1) is 15.5. The Balaban J connectivity index is 3.54. The highest BCUT2D eigenvalue weighted by Gasteiger charge is 2.09. The molecule has 16 heavy (non-hydrogen) atoms. The van der Waals surface area contributed by atoms with Crippen LogP contribution in [0.4, 0.5) is 0 Å². The molecule has 5 N–H and O–H groups in total. The summed E-state index contributed by atoms with van der Waals surface area (Å²) >= 11 is 6.97. The van der Waals surface area contributed by atoms with Crippen LogP contribution in [0.3, 0.4) is 0 Å². The van der Waals surface area contributed by atoms with Crippen LogP contribution in [0.25, 0.3) is 0 Å². The smallest absolute Gasteiger partial charge is 0.320 e. The van der Waals surface area contributed by atoms with E-state index in [0.29, 0.717) is 30.4 Å². The Hall–Kier alpha value is -0.460. The molecule has 0 aromatic heterocycles. The Kier molecular flexibility index (Phi) is 9.46. The second kappa shape index (κ2) is 9.74. The number of hydrogen-bond donors (Lipinski definition) is 3. The van der Waals surface area contributed by atoms with Gasteiger partial charge in [0.15, 0.2) is 5.17 Å². The van der Waals surface area contributed by atoms with Crippen LogP contribution < -0.4 is 11.5 Å². The third kappa shape index (κ3) is 8.82. The number of carboxylic acid groups (broad SMARTS) is 1. The number of rotatable bonds is 8. The van der Waals surface area contributed by atoms with E-state index in [1.807, 2.05) is 0 Å². The number of hydrogen-bond acceptors (Lipinski definition) is 4. The van der Waals surface area contributed by atoms with E-state index in [1.165, 1.54) is 11.8 Å². The Morgan fingerprint density at radius 2 is 2.19 bits per heavy atom. The molecule has 0 aromatic rings. The molecule has 0 rings (SSSR count). The third-order valence-electron chi connectivity index (χ3n) is 1.79. The molecule has 0 fully saturated rings. The Morgan fingerprint density at radius 3 is 2.75 bits per heavy atom. The predicted octanol–water partition coefficient (Wildman–Crippen LogP) is 0.855. The summed E-state index contributed by atoms with van der Waals surface area (Å²) in [6, 6.07) is -0.805. The van der Waals surface area contributed by atoms with E-state index in [4.69, 9.17) is 28.2 Å². The average molecular weight is 268 g/mol. The monoisotopic (exact) mass is 267 g/mol. The zero-order valence-corrected chi connectivity index (χ0v) is 10.6. The van der Waals surface area contributed by atoms with Gasteiger partial charge in [-0.25, -0.2) is 0 Å². The van der Waals surface area contributed by atoms with Gasteiger partial charge in [-0.05, 0) is 19.3 Å². The van der Waals surface area contributed by atoms with Gasteiger partial charge in [0.2, 0.25) is 0 Å². The molecule has 0 unspecified atom stereocenters. The van der Waals surface area contributed by atoms with Gasteiger partial charge in [0.05, 0.1) is 0 Å². The van der Waals surface area contributed by atoms with Gasteiger partial charge in [-0.15, -0.1) is 11.6 Å². The topological polar surface area (TPSA) is 102 Å². The van der Waals surface area contributed by atoms with Crippen molar-refractivity contribution in [3.63, 3.8) is 0 Å². The van der Waals surface area contributed by atoms with Crippen molar-refractivity contribution in [3.05, 3.63) is 0 Å². The van der Waals surface area contributed by atoms with Crippen molar-refractivity contribution >= 4 is 34.5 Å². The van der Waals surface area contributed by atoms with Gasteiger partial charge in [-0.1, -0.05) is 11.8 Å². The van der Waals surface area contributed by atoms with Crippen molar-refractivity contribution in [1.29, 1.82) is 0 Å². The quantitative estimate of drug-likeness (QED) is 0.262. The lowest BCUT2D eigenvalue weighted by molar-refractivity contribution is -0.138. The van der Waals surface area contributed by atoms with Crippen LogP contribution in [-0.4, -0.2) is 40.5 Å². The number of carbonyl (C=O) groups is 1. The van der Waals surface area contributed by atoms with Crippen LogP contribution in [0, 0.1) is 0 Å². The maximum Gasteiger partial charge on any atom is 0.320 e. The first-order valence-electron chi connectivity index (χ1n) is 5.05. The van der Waals surface area contributed by atoms with E-state index in [2.05, 4.69) is 4.99 Å². The molecule has 0 aromatic carbocycles. The minimum atomic E-state index is -0.978. The fourth-order valence-corrected chi connectivity index (χ4v) is 1.87. The number of alkyl halides is 1. The van der Waals surface area contributed by atoms with Gasteiger partial charge < -0.3 is 16.6 Å². The van der Waals surface area contributed by atoms with Crippen LogP contribution in [0.5, 0.6) is 0 Å². The average Bonchev–Trinajstić information content (AvgIpc) is 2.24. The second-order valence-electron chi connectivity index (χ2n) is 3.20. The zero-order chi connectivity index (χ0) is 12.4. The molecular formula is C9H18ClN3O2S. The minimum Gasteiger partial charge on any atom is -0.480 e. The van der Waals surface area contributed by atoms with Crippen LogP contribution in [0.15, 0.2) is 4.99 Å². The molecule has 94 valence electrons. The molecule has 0 bridgehead atoms. The largest absolute Gasteiger partial charge is 0.480 e. The van der Waals surface area contributed by atoms with E-state index >= 15 is 0 Å². The molecule has 5 nitrogen and oxygen atoms in total. The summed E-state index contributed by atoms with van der Waals surface area (Å²) in [5.41, 5.74) is 10.9. The number of halogens is 1. The van der Waals surface area contributed by atoms with Gasteiger partial charge in [0, 0.05) is 18.2 Å². The van der Waals surface area contributed by atoms with Gasteiger partial charge in [0.25, 0.3) is 0 Å². The van der Waals surface area contributed by atoms with Gasteiger partial charge in [-0.2, -0.15) is 0 Å². The van der Waals surface area contributed by atoms with Crippen molar-refractivity contribution in [3.8, 4) is 0 Å². The Bertz CT molecular complexity index is 239. The lowest BCUT2D eigenvalue weighted by Gasteiger charge is -2.04. The molecule has 0 saturated carbocycles. The van der Waals surface area contributed by atoms with E-state index in [9.17, 15) is 4.79 Å². The van der Waals surface area contributed by atoms with E-state index in [0.717, 1.165) is 12.2 Å². The van der Waals surface area contributed by atoms with Crippen molar-refractivity contribution in [2.24, 2.45) is 16.5 Å². The van der Waals surface area contributed by atoms with Crippen LogP contribution in [0.2, 0.25) is 0 Å². The van der Waals surface area contributed by atoms with E-state index in [1.54, 1.807) is 0 Å². The SMILES string of the molecule is NC(=NCCC[C@H](N)C(=O)O)SCCCCl. The number of amidine groups is 1. The third-order valence-corrected chi connectivity index (χ3v) is 2.97. The number of aliphatic imine (C=N–C) groups is 1. The molecule has 0 amide bonds. The highest BCUT2D eigenvalue weighted by Crippen LogP contribution is 2.04. The minimum absolute atomic E-state index is 0.415. The molecule has 1 atom stereocenters. The molecule has 0 aliphatic rings. The summed E-state index contributed by atoms with van der Waals surface area (Å²) in [4.78, 5) is 14.5. The zero-order valence-electron chi connectivity index (χ0n) is 9.06. The molecule has 0 saturated heterocycles. The maximum atomic E-state index is 10.4. The van der Waals surface area contributed by atoms with Crippen molar-refractivity contribution in [2.75, 3.05) is 18.2 Å². The number of nitrogens with zero attached hydrogens (tertiary/aromatic N) is 1. The van der Waals surface area contributed by atoms with Gasteiger partial charge in [-0.3, -0.25) is 9.79 Å². The molecule has 0 heterocycles. The normalized spacial score (nSPS) is 13.8. The lowest BCUT2D eigenvalue weighted by atomic mass is 10.2. The second-order valence-corrected chi connectivity index (χ2v) is 4.69. The number of nitrogens with two attached hydrogens (primary N) is 2. The molecule has 7 heteroatoms. The van der Waals surface area contributed by atoms with E-state index < -0.39 is 12.0 Å². The van der Waals surface area contributed by atoms with Crippen LogP contribution in [0.1, 0.15) is 19.3 Å². The first-order valence-corrected chi connectivity index (χ1v) is 6.57. The molecule has 0 radical (unpaired) electrons. The fourth-order valence-electron chi connectivity index (χ4n) is 0.901. The number of carboxylic acids is 1. The van der Waals surface area contributed by atoms with Gasteiger partial charge >= 0.3 is 5.97 Å². The summed E-state index contributed by atoms with van der Waals surface area (Å²) in [5, 5.41) is 9.05. The van der Waals surface area contributed by atoms with Crippen LogP contribution in [-0.2, 0) is 4.79 Å². The lowest BCUT2D eigenvalue weighted by Crippen LogP contribution is -2.30. The molecule has 0 spiro atoms. The number of aliphatic carboxylic acids is 1. The van der Waals surface area contributed by atoms with Crippen molar-refractivity contribution in [2.45, 2.75) is 25.3 Å². The summed E-state index contributed by atoms with van der Waals surface area (Å²) in [6.45, 7) is 0.515. The Labute approximate surface area is 105 Å². The number of thioether (sulfide) groups is 1. The standard InChI is InChI=1S/C9H18ClN3O2S/c10-4-2-6-16-9(12)13-5-1-3-7(11)8(14)15/h7H,1-6,11H2,(H2,12,13)(H,14,15)/t7-/m0/s1. The maximum absolute atomic E-state index is 10.4. The van der Waals surface area contributed by atoms with E-state index in [-0.39, 0.29) is 0 Å². The van der Waals surface area contributed by atoms with Crippen molar-refractivity contribution in [1.82, 2.24) is 0 Å². The highest BCUT2D eigenvalue weighted by atomic mass is 35.5. The molecular weight excluding hydrogens is 250 g/mol. The van der Waals surface area contributed by atoms with Crippen molar-refractivity contribution < 1.29 is 9.90 Å². The summed E-state index contributed by atoms with van der Waals surface area (Å²) < 4.78 is 0. The summed E-state index contributed by atoms with van der Waals surface area (Å²) in [7, 11) is 0. The van der Waals surface area contributed by atoms with Crippen LogP contribution >= 0.6 is 23.4 Å². The fraction of sp³-hybridized carbons (Fsp3) is 0.778. The van der Waals surface area contributed by atoms with Gasteiger partial charge in [0.1, 0.15) is 6.04 Å². The molecule has 0 aliphatic carbocycles. The predicted molar refractivity (Wildman–Crippen MR) is 69.1 cm³/mol. The first-order chi connectivity index (χ1) is 7.57. The summed E-state index contributed by atoms with van der Waals surface area (Å²) in [5.74, 6) is 0.495. The molecule has 0 aliphatic heterocycles.